The molecule has 0 unspecified atom stereocenters. The zero-order valence-electron chi connectivity index (χ0n) is 20.6. The zero-order chi connectivity index (χ0) is 24.9. The SMILES string of the molecule is COCc1c(C(=O)N2CCN(c3ccccc3C)CC2)c(=O)cc(C)n1CCc1cccc(Cl)c1. The Bertz CT molecular complexity index is 1260. The topological polar surface area (TPSA) is 54.8 Å². The number of para-hydroxylation sites is 1. The highest BCUT2D eigenvalue weighted by molar-refractivity contribution is 6.30. The lowest BCUT2D eigenvalue weighted by Gasteiger charge is -2.37. The number of carbonyl (C=O) groups is 1. The van der Waals surface area contributed by atoms with E-state index in [2.05, 4.69) is 24.0 Å². The number of rotatable bonds is 7. The van der Waals surface area contributed by atoms with Gasteiger partial charge in [0.15, 0.2) is 5.43 Å². The van der Waals surface area contributed by atoms with E-state index in [0.717, 1.165) is 30.8 Å². The van der Waals surface area contributed by atoms with Crippen LogP contribution in [0.2, 0.25) is 5.02 Å². The van der Waals surface area contributed by atoms with Crippen molar-refractivity contribution in [1.82, 2.24) is 9.47 Å². The van der Waals surface area contributed by atoms with E-state index in [9.17, 15) is 9.59 Å². The largest absolute Gasteiger partial charge is 0.378 e. The molecule has 2 heterocycles. The van der Waals surface area contributed by atoms with Gasteiger partial charge in [-0.05, 0) is 49.6 Å². The summed E-state index contributed by atoms with van der Waals surface area (Å²) in [5.41, 5.74) is 4.91. The van der Waals surface area contributed by atoms with Crippen molar-refractivity contribution in [3.8, 4) is 0 Å². The number of anilines is 1. The van der Waals surface area contributed by atoms with E-state index < -0.39 is 0 Å². The first-order valence-electron chi connectivity index (χ1n) is 12.0. The first kappa shape index (κ1) is 25.0. The van der Waals surface area contributed by atoms with Crippen LogP contribution >= 0.6 is 11.6 Å². The molecule has 0 radical (unpaired) electrons. The maximum atomic E-state index is 13.6. The number of carbonyl (C=O) groups excluding carboxylic acids is 1. The molecule has 2 aromatic carbocycles. The van der Waals surface area contributed by atoms with Crippen molar-refractivity contribution in [3.05, 3.63) is 97.9 Å². The Kier molecular flexibility index (Phi) is 7.93. The van der Waals surface area contributed by atoms with Gasteiger partial charge >= 0.3 is 0 Å². The quantitative estimate of drug-likeness (QED) is 0.487. The summed E-state index contributed by atoms with van der Waals surface area (Å²) in [5.74, 6) is -0.219. The monoisotopic (exact) mass is 493 g/mol. The van der Waals surface area contributed by atoms with Gasteiger partial charge < -0.3 is 19.1 Å². The number of nitrogens with zero attached hydrogens (tertiary/aromatic N) is 3. The van der Waals surface area contributed by atoms with Gasteiger partial charge in [-0.3, -0.25) is 9.59 Å². The highest BCUT2D eigenvalue weighted by Gasteiger charge is 2.28. The molecule has 0 bridgehead atoms. The second kappa shape index (κ2) is 11.1. The molecule has 1 aromatic heterocycles. The maximum Gasteiger partial charge on any atom is 0.259 e. The van der Waals surface area contributed by atoms with Crippen molar-refractivity contribution in [1.29, 1.82) is 0 Å². The third-order valence-electron chi connectivity index (χ3n) is 6.66. The molecule has 1 aliphatic rings. The fourth-order valence-corrected chi connectivity index (χ4v) is 5.03. The number of methoxy groups -OCH3 is 1. The summed E-state index contributed by atoms with van der Waals surface area (Å²) in [6.07, 6.45) is 0.726. The van der Waals surface area contributed by atoms with Gasteiger partial charge in [0.1, 0.15) is 5.56 Å². The van der Waals surface area contributed by atoms with E-state index in [-0.39, 0.29) is 23.5 Å². The van der Waals surface area contributed by atoms with Crippen LogP contribution in [-0.2, 0) is 24.3 Å². The lowest BCUT2D eigenvalue weighted by molar-refractivity contribution is 0.0738. The number of aryl methyl sites for hydroxylation is 3. The third-order valence-corrected chi connectivity index (χ3v) is 6.89. The Hall–Kier alpha value is -3.09. The van der Waals surface area contributed by atoms with Crippen LogP contribution in [0.25, 0.3) is 0 Å². The second-order valence-corrected chi connectivity index (χ2v) is 9.44. The molecular formula is C28H32ClN3O3. The van der Waals surface area contributed by atoms with Crippen molar-refractivity contribution in [3.63, 3.8) is 0 Å². The Morgan fingerprint density at radius 2 is 1.74 bits per heavy atom. The van der Waals surface area contributed by atoms with Gasteiger partial charge in [0.05, 0.1) is 12.3 Å². The first-order valence-corrected chi connectivity index (χ1v) is 12.3. The van der Waals surface area contributed by atoms with E-state index in [0.29, 0.717) is 30.4 Å². The van der Waals surface area contributed by atoms with E-state index in [1.807, 2.05) is 47.9 Å². The third kappa shape index (κ3) is 5.60. The van der Waals surface area contributed by atoms with Crippen molar-refractivity contribution in [2.24, 2.45) is 0 Å². The summed E-state index contributed by atoms with van der Waals surface area (Å²) in [7, 11) is 1.59. The van der Waals surface area contributed by atoms with Crippen LogP contribution < -0.4 is 10.3 Å². The molecule has 6 nitrogen and oxygen atoms in total. The van der Waals surface area contributed by atoms with Gasteiger partial charge in [-0.15, -0.1) is 0 Å². The van der Waals surface area contributed by atoms with Crippen molar-refractivity contribution >= 4 is 23.2 Å². The highest BCUT2D eigenvalue weighted by Crippen LogP contribution is 2.22. The van der Waals surface area contributed by atoms with E-state index in [1.54, 1.807) is 18.1 Å². The van der Waals surface area contributed by atoms with Crippen LogP contribution in [0, 0.1) is 13.8 Å². The van der Waals surface area contributed by atoms with Crippen LogP contribution in [0.15, 0.2) is 59.4 Å². The number of benzene rings is 2. The van der Waals surface area contributed by atoms with Gasteiger partial charge in [0.2, 0.25) is 0 Å². The fraction of sp³-hybridized carbons (Fsp3) is 0.357. The standard InChI is InChI=1S/C28H32ClN3O3/c1-20-7-4-5-10-24(20)30-13-15-31(16-14-30)28(34)27-25(19-35-3)32(21(2)17-26(27)33)12-11-22-8-6-9-23(29)18-22/h4-10,17-18H,11-16,19H2,1-3H3. The number of amides is 1. The molecule has 0 atom stereocenters. The van der Waals surface area contributed by atoms with Crippen LogP contribution in [0.3, 0.4) is 0 Å². The Balaban J connectivity index is 1.57. The normalized spacial score (nSPS) is 13.8. The first-order chi connectivity index (χ1) is 16.9. The molecule has 1 aliphatic heterocycles. The number of ether oxygens (including phenoxy) is 1. The molecule has 3 aromatic rings. The molecule has 1 saturated heterocycles. The van der Waals surface area contributed by atoms with E-state index in [4.69, 9.17) is 16.3 Å². The van der Waals surface area contributed by atoms with Crippen molar-refractivity contribution < 1.29 is 9.53 Å². The minimum atomic E-state index is -0.250. The summed E-state index contributed by atoms with van der Waals surface area (Å²) in [5, 5.41) is 0.692. The second-order valence-electron chi connectivity index (χ2n) is 9.00. The lowest BCUT2D eigenvalue weighted by atomic mass is 10.1. The van der Waals surface area contributed by atoms with E-state index in [1.165, 1.54) is 11.3 Å². The number of halogens is 1. The average Bonchev–Trinajstić information content (AvgIpc) is 2.84. The number of aromatic nitrogens is 1. The molecule has 4 rings (SSSR count). The van der Waals surface area contributed by atoms with Crippen LogP contribution in [0.5, 0.6) is 0 Å². The molecular weight excluding hydrogens is 462 g/mol. The van der Waals surface area contributed by atoms with E-state index >= 15 is 0 Å². The van der Waals surface area contributed by atoms with Crippen LogP contribution in [0.4, 0.5) is 5.69 Å². The molecule has 7 heteroatoms. The van der Waals surface area contributed by atoms with Gasteiger partial charge in [0.25, 0.3) is 5.91 Å². The molecule has 35 heavy (non-hydrogen) atoms. The summed E-state index contributed by atoms with van der Waals surface area (Å²) >= 11 is 6.15. The number of hydrogen-bond donors (Lipinski definition) is 0. The van der Waals surface area contributed by atoms with Crippen LogP contribution in [0.1, 0.15) is 32.9 Å². The van der Waals surface area contributed by atoms with Crippen molar-refractivity contribution in [2.75, 3.05) is 38.2 Å². The van der Waals surface area contributed by atoms with Gasteiger partial charge in [-0.1, -0.05) is 41.9 Å². The molecule has 0 N–H and O–H groups in total. The minimum Gasteiger partial charge on any atom is -0.378 e. The highest BCUT2D eigenvalue weighted by atomic mass is 35.5. The molecule has 1 amide bonds. The summed E-state index contributed by atoms with van der Waals surface area (Å²) in [4.78, 5) is 30.8. The van der Waals surface area contributed by atoms with Gasteiger partial charge in [0, 0.05) is 62.3 Å². The molecule has 1 fully saturated rings. The number of hydrogen-bond acceptors (Lipinski definition) is 4. The van der Waals surface area contributed by atoms with Crippen LogP contribution in [-0.4, -0.2) is 48.7 Å². The maximum absolute atomic E-state index is 13.6. The van der Waals surface area contributed by atoms with Gasteiger partial charge in [-0.2, -0.15) is 0 Å². The lowest BCUT2D eigenvalue weighted by Crippen LogP contribution is -2.50. The molecule has 0 aliphatic carbocycles. The Labute approximate surface area is 211 Å². The Morgan fingerprint density at radius 3 is 2.43 bits per heavy atom. The van der Waals surface area contributed by atoms with Crippen molar-refractivity contribution in [2.45, 2.75) is 33.4 Å². The molecule has 0 spiro atoms. The smallest absolute Gasteiger partial charge is 0.259 e. The summed E-state index contributed by atoms with van der Waals surface area (Å²) in [6, 6.07) is 17.6. The zero-order valence-corrected chi connectivity index (χ0v) is 21.3. The van der Waals surface area contributed by atoms with Gasteiger partial charge in [-0.25, -0.2) is 0 Å². The average molecular weight is 494 g/mol. The summed E-state index contributed by atoms with van der Waals surface area (Å²) in [6.45, 7) is 7.39. The number of pyridine rings is 1. The minimum absolute atomic E-state index is 0.191. The predicted octanol–water partition coefficient (Wildman–Crippen LogP) is 4.47. The number of piperazine rings is 1. The molecule has 0 saturated carbocycles. The fourth-order valence-electron chi connectivity index (χ4n) is 4.82. The summed E-state index contributed by atoms with van der Waals surface area (Å²) < 4.78 is 7.49. The molecule has 184 valence electrons. The Morgan fingerprint density at radius 1 is 1.00 bits per heavy atom. The predicted molar refractivity (Wildman–Crippen MR) is 141 cm³/mol.